The molecule has 1 heterocycles. The van der Waals surface area contributed by atoms with Gasteiger partial charge in [-0.05, 0) is 74.1 Å². The summed E-state index contributed by atoms with van der Waals surface area (Å²) in [5.74, 6) is 1.48. The number of anilines is 1. The molecule has 3 aromatic rings. The first-order valence-electron chi connectivity index (χ1n) is 12.3. The summed E-state index contributed by atoms with van der Waals surface area (Å²) in [5, 5.41) is 3.33. The molecule has 1 fully saturated rings. The van der Waals surface area contributed by atoms with Crippen molar-refractivity contribution in [2.24, 2.45) is 5.92 Å². The third kappa shape index (κ3) is 7.21. The number of amides is 1. The number of carbonyl (C=O) groups excluding carboxylic acids is 1. The second kappa shape index (κ2) is 12.7. The van der Waals surface area contributed by atoms with E-state index in [1.165, 1.54) is 5.56 Å². The monoisotopic (exact) mass is 522 g/mol. The molecule has 4 rings (SSSR count). The number of nitrogens with zero attached hydrogens (tertiary/aromatic N) is 1. The molecule has 0 spiro atoms. The van der Waals surface area contributed by atoms with E-state index in [0.29, 0.717) is 34.7 Å². The maximum Gasteiger partial charge on any atom is 0.262 e. The summed E-state index contributed by atoms with van der Waals surface area (Å²) < 4.78 is 11.6. The van der Waals surface area contributed by atoms with Gasteiger partial charge in [0.15, 0.2) is 18.1 Å². The van der Waals surface area contributed by atoms with Gasteiger partial charge in [0.05, 0.1) is 6.61 Å². The number of nitrogens with one attached hydrogen (secondary N) is 1. The molecule has 3 aromatic carbocycles. The Morgan fingerprint density at radius 3 is 2.50 bits per heavy atom. The molecule has 1 aliphatic heterocycles. The second-order valence-electron chi connectivity index (χ2n) is 8.87. The number of piperidine rings is 1. The molecule has 1 N–H and O–H groups in total. The highest BCUT2D eigenvalue weighted by atomic mass is 35.5. The Labute approximate surface area is 223 Å². The zero-order chi connectivity index (χ0) is 25.3. The molecule has 188 valence electrons. The molecule has 0 aromatic heterocycles. The Bertz CT molecular complexity index is 1180. The van der Waals surface area contributed by atoms with Crippen LogP contribution >= 0.6 is 23.8 Å². The summed E-state index contributed by atoms with van der Waals surface area (Å²) in [4.78, 5) is 15.4. The predicted molar refractivity (Wildman–Crippen MR) is 149 cm³/mol. The number of halogens is 1. The number of carbonyl (C=O) groups is 1. The van der Waals surface area contributed by atoms with Gasteiger partial charge in [-0.3, -0.25) is 4.79 Å². The molecule has 0 saturated carbocycles. The molecule has 1 saturated heterocycles. The van der Waals surface area contributed by atoms with E-state index in [4.69, 9.17) is 33.3 Å². The largest absolute Gasteiger partial charge is 0.490 e. The van der Waals surface area contributed by atoms with E-state index >= 15 is 0 Å². The van der Waals surface area contributed by atoms with Crippen molar-refractivity contribution in [1.82, 2.24) is 4.90 Å². The van der Waals surface area contributed by atoms with Crippen LogP contribution in [0.3, 0.4) is 0 Å². The van der Waals surface area contributed by atoms with E-state index in [-0.39, 0.29) is 12.5 Å². The molecule has 7 heteroatoms. The van der Waals surface area contributed by atoms with E-state index in [1.807, 2.05) is 25.1 Å². The highest BCUT2D eigenvalue weighted by molar-refractivity contribution is 7.80. The summed E-state index contributed by atoms with van der Waals surface area (Å²) in [7, 11) is 0. The van der Waals surface area contributed by atoms with Crippen LogP contribution in [-0.4, -0.2) is 42.1 Å². The summed E-state index contributed by atoms with van der Waals surface area (Å²) in [6, 6.07) is 23.3. The van der Waals surface area contributed by atoms with Gasteiger partial charge in [0.2, 0.25) is 0 Å². The number of thiocarbonyl (C=S) groups is 1. The number of likely N-dealkylation sites (tertiary alicyclic amines) is 1. The lowest BCUT2D eigenvalue weighted by Gasteiger charge is -2.34. The van der Waals surface area contributed by atoms with Crippen molar-refractivity contribution in [2.45, 2.75) is 26.2 Å². The lowest BCUT2D eigenvalue weighted by atomic mass is 9.90. The normalized spacial score (nSPS) is 13.8. The molecule has 0 unspecified atom stereocenters. The van der Waals surface area contributed by atoms with Gasteiger partial charge in [0, 0.05) is 29.4 Å². The maximum absolute atomic E-state index is 12.3. The van der Waals surface area contributed by atoms with Crippen molar-refractivity contribution >= 4 is 40.4 Å². The zero-order valence-corrected chi connectivity index (χ0v) is 22.0. The Hall–Kier alpha value is -3.09. The zero-order valence-electron chi connectivity index (χ0n) is 20.4. The molecule has 0 bridgehead atoms. The second-order valence-corrected chi connectivity index (χ2v) is 9.69. The van der Waals surface area contributed by atoms with Crippen LogP contribution in [0.5, 0.6) is 11.5 Å². The molecule has 0 atom stereocenters. The molecule has 36 heavy (non-hydrogen) atoms. The van der Waals surface area contributed by atoms with Crippen molar-refractivity contribution in [1.29, 1.82) is 0 Å². The van der Waals surface area contributed by atoms with Crippen LogP contribution in [0.1, 0.15) is 30.9 Å². The van der Waals surface area contributed by atoms with Crippen molar-refractivity contribution in [3.05, 3.63) is 88.9 Å². The van der Waals surface area contributed by atoms with Gasteiger partial charge < -0.3 is 19.7 Å². The first kappa shape index (κ1) is 26.0. The third-order valence-corrected chi connectivity index (χ3v) is 6.96. The lowest BCUT2D eigenvalue weighted by Crippen LogP contribution is -2.38. The SMILES string of the molecule is CCOc1cc(C(=S)N2CCC(Cc3ccccc3)CC2)ccc1OCC(=O)Nc1cccc(Cl)c1. The third-order valence-electron chi connectivity index (χ3n) is 6.23. The van der Waals surface area contributed by atoms with Gasteiger partial charge in [-0.15, -0.1) is 0 Å². The van der Waals surface area contributed by atoms with Crippen LogP contribution in [0.25, 0.3) is 0 Å². The standard InChI is InChI=1S/C29H31ClN2O3S/c1-2-34-27-18-23(11-12-26(27)35-20-28(33)31-25-10-6-9-24(30)19-25)29(36)32-15-13-22(14-16-32)17-21-7-4-3-5-8-21/h3-12,18-19,22H,2,13-17,20H2,1H3,(H,31,33). The first-order chi connectivity index (χ1) is 17.5. The Kier molecular flexibility index (Phi) is 9.20. The minimum Gasteiger partial charge on any atom is -0.490 e. The minimum atomic E-state index is -0.280. The van der Waals surface area contributed by atoms with Crippen LogP contribution in [-0.2, 0) is 11.2 Å². The molecular weight excluding hydrogens is 492 g/mol. The fourth-order valence-corrected chi connectivity index (χ4v) is 4.91. The topological polar surface area (TPSA) is 50.8 Å². The average molecular weight is 523 g/mol. The summed E-state index contributed by atoms with van der Waals surface area (Å²) in [6.07, 6.45) is 3.36. The smallest absolute Gasteiger partial charge is 0.262 e. The number of benzene rings is 3. The van der Waals surface area contributed by atoms with Gasteiger partial charge in [0.1, 0.15) is 4.99 Å². The van der Waals surface area contributed by atoms with Gasteiger partial charge in [-0.25, -0.2) is 0 Å². The fourth-order valence-electron chi connectivity index (χ4n) is 4.41. The Balaban J connectivity index is 1.33. The Morgan fingerprint density at radius 2 is 1.78 bits per heavy atom. The number of hydrogen-bond acceptors (Lipinski definition) is 4. The number of rotatable bonds is 9. The molecule has 1 aliphatic rings. The molecular formula is C29H31ClN2O3S. The lowest BCUT2D eigenvalue weighted by molar-refractivity contribution is -0.118. The Morgan fingerprint density at radius 1 is 1.00 bits per heavy atom. The molecule has 0 radical (unpaired) electrons. The number of hydrogen-bond donors (Lipinski definition) is 1. The minimum absolute atomic E-state index is 0.148. The summed E-state index contributed by atoms with van der Waals surface area (Å²) in [5.41, 5.74) is 2.94. The first-order valence-corrected chi connectivity index (χ1v) is 13.1. The van der Waals surface area contributed by atoms with Crippen LogP contribution < -0.4 is 14.8 Å². The van der Waals surface area contributed by atoms with Crippen LogP contribution in [0.15, 0.2) is 72.8 Å². The van der Waals surface area contributed by atoms with Gasteiger partial charge in [0.25, 0.3) is 5.91 Å². The van der Waals surface area contributed by atoms with Crippen LogP contribution in [0.4, 0.5) is 5.69 Å². The molecule has 5 nitrogen and oxygen atoms in total. The van der Waals surface area contributed by atoms with Crippen LogP contribution in [0, 0.1) is 5.92 Å². The quantitative estimate of drug-likeness (QED) is 0.330. The number of ether oxygens (including phenoxy) is 2. The highest BCUT2D eigenvalue weighted by Crippen LogP contribution is 2.30. The van der Waals surface area contributed by atoms with E-state index in [1.54, 1.807) is 24.3 Å². The van der Waals surface area contributed by atoms with Crippen LogP contribution in [0.2, 0.25) is 5.02 Å². The van der Waals surface area contributed by atoms with Crippen molar-refractivity contribution < 1.29 is 14.3 Å². The van der Waals surface area contributed by atoms with Crippen molar-refractivity contribution in [3.8, 4) is 11.5 Å². The maximum atomic E-state index is 12.3. The summed E-state index contributed by atoms with van der Waals surface area (Å²) in [6.45, 7) is 4.14. The van der Waals surface area contributed by atoms with Gasteiger partial charge in [-0.1, -0.05) is 60.2 Å². The average Bonchev–Trinajstić information content (AvgIpc) is 2.89. The van der Waals surface area contributed by atoms with E-state index in [0.717, 1.165) is 42.9 Å². The van der Waals surface area contributed by atoms with E-state index in [9.17, 15) is 4.79 Å². The predicted octanol–water partition coefficient (Wildman–Crippen LogP) is 6.39. The van der Waals surface area contributed by atoms with Crippen molar-refractivity contribution in [3.63, 3.8) is 0 Å². The van der Waals surface area contributed by atoms with E-state index < -0.39 is 0 Å². The van der Waals surface area contributed by atoms with Gasteiger partial charge in [-0.2, -0.15) is 0 Å². The van der Waals surface area contributed by atoms with Crippen molar-refractivity contribution in [2.75, 3.05) is 31.6 Å². The molecule has 0 aliphatic carbocycles. The molecule has 1 amide bonds. The highest BCUT2D eigenvalue weighted by Gasteiger charge is 2.22. The summed E-state index contributed by atoms with van der Waals surface area (Å²) >= 11 is 11.8. The fraction of sp³-hybridized carbons (Fsp3) is 0.310. The van der Waals surface area contributed by atoms with E-state index in [2.05, 4.69) is 40.5 Å². The van der Waals surface area contributed by atoms with Gasteiger partial charge >= 0.3 is 0 Å².